The van der Waals surface area contributed by atoms with Gasteiger partial charge in [-0.25, -0.2) is 0 Å². The molecule has 0 bridgehead atoms. The number of quaternary nitrogens is 1. The zero-order valence-electron chi connectivity index (χ0n) is 20.2. The van der Waals surface area contributed by atoms with Gasteiger partial charge in [0.15, 0.2) is 0 Å². The summed E-state index contributed by atoms with van der Waals surface area (Å²) in [7, 11) is 2.67. The third-order valence-electron chi connectivity index (χ3n) is 12.5. The summed E-state index contributed by atoms with van der Waals surface area (Å²) in [4.78, 5) is 0. The van der Waals surface area contributed by atoms with Crippen LogP contribution in [-0.2, 0) is 0 Å². The summed E-state index contributed by atoms with van der Waals surface area (Å²) < 4.78 is 1.42. The van der Waals surface area contributed by atoms with Gasteiger partial charge in [-0.15, -0.1) is 0 Å². The first-order chi connectivity index (χ1) is 14.2. The van der Waals surface area contributed by atoms with E-state index in [1.54, 1.807) is 5.57 Å². The van der Waals surface area contributed by atoms with Gasteiger partial charge < -0.3 is 9.59 Å². The fraction of sp³-hybridized carbons (Fsp3) is 0.929. The Morgan fingerprint density at radius 2 is 1.80 bits per heavy atom. The van der Waals surface area contributed by atoms with Crippen molar-refractivity contribution in [2.75, 3.05) is 13.6 Å². The van der Waals surface area contributed by atoms with Crippen molar-refractivity contribution in [3.8, 4) is 0 Å². The van der Waals surface area contributed by atoms with Gasteiger partial charge in [-0.05, 0) is 73.5 Å². The standard InChI is InChI=1S/C28H46NO/c1-17-6-9-24-18(2)26-25(29(24,5)16-17)15-23-21-8-7-19-14-20(30)10-12-27(19,3)22(21)11-13-28(23,26)4/h7,17-18,20-26,30H,6,8-16H2,1-5H3/q+1/t17-,18+,20-,21+,22-,23-,24+,25-,26-,27-,28-,29-/m0/s1. The largest absolute Gasteiger partial charge is 0.393 e. The highest BCUT2D eigenvalue weighted by molar-refractivity contribution is 5.26. The van der Waals surface area contributed by atoms with E-state index in [-0.39, 0.29) is 6.10 Å². The van der Waals surface area contributed by atoms with E-state index in [0.717, 1.165) is 60.4 Å². The maximum absolute atomic E-state index is 10.3. The van der Waals surface area contributed by atoms with Crippen molar-refractivity contribution in [2.24, 2.45) is 46.3 Å². The van der Waals surface area contributed by atoms with E-state index < -0.39 is 0 Å². The smallest absolute Gasteiger partial charge is 0.0932 e. The summed E-state index contributed by atoms with van der Waals surface area (Å²) in [6.45, 7) is 11.9. The first kappa shape index (κ1) is 20.3. The molecule has 0 spiro atoms. The molecule has 1 N–H and O–H groups in total. The van der Waals surface area contributed by atoms with Gasteiger partial charge >= 0.3 is 0 Å². The highest BCUT2D eigenvalue weighted by Crippen LogP contribution is 2.70. The second kappa shape index (κ2) is 6.37. The van der Waals surface area contributed by atoms with E-state index in [1.807, 2.05) is 0 Å². The van der Waals surface area contributed by atoms with Gasteiger partial charge in [-0.3, -0.25) is 0 Å². The summed E-state index contributed by atoms with van der Waals surface area (Å²) in [6.07, 6.45) is 14.4. The zero-order chi connectivity index (χ0) is 21.1. The molecule has 2 aliphatic heterocycles. The summed E-state index contributed by atoms with van der Waals surface area (Å²) in [5.74, 6) is 5.48. The van der Waals surface area contributed by atoms with Crippen LogP contribution in [-0.4, -0.2) is 41.4 Å². The molecule has 4 aliphatic carbocycles. The van der Waals surface area contributed by atoms with Crippen LogP contribution in [0.3, 0.4) is 0 Å². The monoisotopic (exact) mass is 412 g/mol. The van der Waals surface area contributed by atoms with Crippen LogP contribution in [0.4, 0.5) is 0 Å². The lowest BCUT2D eigenvalue weighted by molar-refractivity contribution is -0.953. The molecule has 168 valence electrons. The fourth-order valence-electron chi connectivity index (χ4n) is 11.3. The van der Waals surface area contributed by atoms with Crippen molar-refractivity contribution in [1.29, 1.82) is 0 Å². The van der Waals surface area contributed by atoms with Crippen molar-refractivity contribution in [3.05, 3.63) is 11.6 Å². The highest BCUT2D eigenvalue weighted by Gasteiger charge is 2.71. The minimum absolute atomic E-state index is 0.0797. The van der Waals surface area contributed by atoms with Crippen molar-refractivity contribution in [2.45, 2.75) is 104 Å². The van der Waals surface area contributed by atoms with Gasteiger partial charge in [0.05, 0.1) is 31.8 Å². The lowest BCUT2D eigenvalue weighted by atomic mass is 9.47. The lowest BCUT2D eigenvalue weighted by Crippen LogP contribution is -2.59. The van der Waals surface area contributed by atoms with Gasteiger partial charge in [0, 0.05) is 30.6 Å². The average Bonchev–Trinajstić information content (AvgIpc) is 3.12. The summed E-state index contributed by atoms with van der Waals surface area (Å²) in [5.41, 5.74) is 2.58. The Balaban J connectivity index is 1.35. The second-order valence-electron chi connectivity index (χ2n) is 13.7. The molecule has 2 heteroatoms. The average molecular weight is 413 g/mol. The van der Waals surface area contributed by atoms with Crippen molar-refractivity contribution in [1.82, 2.24) is 0 Å². The van der Waals surface area contributed by atoms with Crippen molar-refractivity contribution >= 4 is 0 Å². The Morgan fingerprint density at radius 3 is 2.60 bits per heavy atom. The van der Waals surface area contributed by atoms with Crippen LogP contribution in [0.1, 0.15) is 85.5 Å². The molecule has 0 aromatic heterocycles. The number of piperidine rings is 1. The first-order valence-electron chi connectivity index (χ1n) is 13.4. The number of fused-ring (bicyclic) bond motifs is 9. The number of nitrogens with zero attached hydrogens (tertiary/aromatic N) is 1. The van der Waals surface area contributed by atoms with Gasteiger partial charge in [0.1, 0.15) is 0 Å². The van der Waals surface area contributed by atoms with Crippen LogP contribution in [0.25, 0.3) is 0 Å². The zero-order valence-corrected chi connectivity index (χ0v) is 20.2. The van der Waals surface area contributed by atoms with Crippen LogP contribution < -0.4 is 0 Å². The van der Waals surface area contributed by atoms with E-state index in [2.05, 4.69) is 40.8 Å². The fourth-order valence-corrected chi connectivity index (χ4v) is 11.3. The third kappa shape index (κ3) is 2.39. The van der Waals surface area contributed by atoms with Gasteiger partial charge in [-0.1, -0.05) is 39.3 Å². The van der Waals surface area contributed by atoms with Crippen LogP contribution in [0.15, 0.2) is 11.6 Å². The number of hydrogen-bond acceptors (Lipinski definition) is 1. The highest BCUT2D eigenvalue weighted by atomic mass is 16.3. The number of aliphatic hydroxyl groups is 1. The van der Waals surface area contributed by atoms with E-state index in [9.17, 15) is 5.11 Å². The summed E-state index contributed by atoms with van der Waals surface area (Å²) in [6, 6.07) is 1.86. The molecule has 3 saturated carbocycles. The van der Waals surface area contributed by atoms with Crippen LogP contribution >= 0.6 is 0 Å². The molecule has 0 aromatic carbocycles. The normalized spacial score (nSPS) is 61.9. The molecule has 0 radical (unpaired) electrons. The Morgan fingerprint density at radius 1 is 1.00 bits per heavy atom. The third-order valence-corrected chi connectivity index (χ3v) is 12.5. The van der Waals surface area contributed by atoms with Crippen LogP contribution in [0, 0.1) is 46.3 Å². The Labute approximate surface area is 185 Å². The Bertz CT molecular complexity index is 760. The van der Waals surface area contributed by atoms with E-state index in [4.69, 9.17) is 0 Å². The molecular formula is C28H46NO+. The van der Waals surface area contributed by atoms with Crippen molar-refractivity contribution in [3.63, 3.8) is 0 Å². The second-order valence-corrected chi connectivity index (χ2v) is 13.7. The predicted octanol–water partition coefficient (Wildman–Crippen LogP) is 5.80. The molecule has 2 heterocycles. The predicted molar refractivity (Wildman–Crippen MR) is 123 cm³/mol. The summed E-state index contributed by atoms with van der Waals surface area (Å²) in [5, 5.41) is 10.3. The van der Waals surface area contributed by atoms with E-state index >= 15 is 0 Å². The summed E-state index contributed by atoms with van der Waals surface area (Å²) >= 11 is 0. The van der Waals surface area contributed by atoms with E-state index in [1.165, 1.54) is 56.0 Å². The molecule has 0 unspecified atom stereocenters. The maximum atomic E-state index is 10.3. The van der Waals surface area contributed by atoms with Crippen molar-refractivity contribution < 1.29 is 9.59 Å². The number of aliphatic hydroxyl groups excluding tert-OH is 1. The molecule has 6 rings (SSSR count). The molecule has 0 aromatic rings. The van der Waals surface area contributed by atoms with Gasteiger partial charge in [0.25, 0.3) is 0 Å². The Kier molecular flexibility index (Phi) is 4.31. The Hall–Kier alpha value is -0.340. The van der Waals surface area contributed by atoms with Crippen LogP contribution in [0.5, 0.6) is 0 Å². The molecule has 30 heavy (non-hydrogen) atoms. The number of hydrogen-bond donors (Lipinski definition) is 1. The SMILES string of the molecule is C[C@H]1CC[C@@H]2[C@@H](C)[C@H]3[C@H](C[C@H]4[C@@H]5CC=C6C[C@@H](O)CC[C@]6(C)[C@H]5CC[C@]34C)[N@@+]2(C)C1. The minimum atomic E-state index is -0.0797. The molecule has 2 nitrogen and oxygen atoms in total. The molecule has 0 amide bonds. The molecule has 6 aliphatic rings. The lowest BCUT2D eigenvalue weighted by Gasteiger charge is -2.58. The topological polar surface area (TPSA) is 20.2 Å². The van der Waals surface area contributed by atoms with Crippen LogP contribution in [0.2, 0.25) is 0 Å². The number of rotatable bonds is 0. The van der Waals surface area contributed by atoms with E-state index in [0.29, 0.717) is 10.8 Å². The molecular weight excluding hydrogens is 366 g/mol. The molecule has 5 fully saturated rings. The van der Waals surface area contributed by atoms with Gasteiger partial charge in [-0.2, -0.15) is 0 Å². The van der Waals surface area contributed by atoms with Gasteiger partial charge in [0.2, 0.25) is 0 Å². The first-order valence-corrected chi connectivity index (χ1v) is 13.4. The minimum Gasteiger partial charge on any atom is -0.393 e. The maximum Gasteiger partial charge on any atom is 0.0932 e. The molecule has 2 saturated heterocycles. The molecule has 12 atom stereocenters. The number of allylic oxidation sites excluding steroid dienone is 1. The quantitative estimate of drug-likeness (QED) is 0.394.